The predicted octanol–water partition coefficient (Wildman–Crippen LogP) is 5.70. The molecular weight excluding hydrogens is 402 g/mol. The van der Waals surface area contributed by atoms with E-state index in [2.05, 4.69) is 5.32 Å². The number of carbonyl (C=O) groups is 2. The SMILES string of the molecule is CC(=O)Nc1ccc(SCc2csc(N(C(C)=O)c3cccc(C)c3C)n2)cc1. The number of amides is 2. The van der Waals surface area contributed by atoms with Crippen molar-refractivity contribution >= 4 is 51.4 Å². The van der Waals surface area contributed by atoms with Crippen molar-refractivity contribution in [3.63, 3.8) is 0 Å². The van der Waals surface area contributed by atoms with Crippen LogP contribution in [-0.2, 0) is 15.3 Å². The summed E-state index contributed by atoms with van der Waals surface area (Å²) < 4.78 is 0. The van der Waals surface area contributed by atoms with Crippen molar-refractivity contribution in [1.82, 2.24) is 4.98 Å². The first-order chi connectivity index (χ1) is 13.8. The van der Waals surface area contributed by atoms with Crippen LogP contribution < -0.4 is 10.2 Å². The molecule has 0 unspecified atom stereocenters. The molecule has 150 valence electrons. The highest BCUT2D eigenvalue weighted by molar-refractivity contribution is 7.98. The Hall–Kier alpha value is -2.64. The predicted molar refractivity (Wildman–Crippen MR) is 121 cm³/mol. The van der Waals surface area contributed by atoms with Crippen molar-refractivity contribution < 1.29 is 9.59 Å². The van der Waals surface area contributed by atoms with Crippen LogP contribution in [0.4, 0.5) is 16.5 Å². The Kier molecular flexibility index (Phi) is 6.71. The second kappa shape index (κ2) is 9.24. The van der Waals surface area contributed by atoms with Gasteiger partial charge < -0.3 is 5.32 Å². The lowest BCUT2D eigenvalue weighted by atomic mass is 10.1. The number of hydrogen-bond acceptors (Lipinski definition) is 5. The molecular formula is C22H23N3O2S2. The lowest BCUT2D eigenvalue weighted by Gasteiger charge is -2.21. The van der Waals surface area contributed by atoms with Crippen LogP contribution in [0.25, 0.3) is 0 Å². The van der Waals surface area contributed by atoms with Gasteiger partial charge in [0.2, 0.25) is 11.8 Å². The van der Waals surface area contributed by atoms with E-state index in [-0.39, 0.29) is 11.8 Å². The molecule has 3 aromatic rings. The smallest absolute Gasteiger partial charge is 0.230 e. The second-order valence-corrected chi connectivity index (χ2v) is 8.57. The van der Waals surface area contributed by atoms with Gasteiger partial charge in [-0.2, -0.15) is 0 Å². The van der Waals surface area contributed by atoms with Gasteiger partial charge in [0.05, 0.1) is 11.4 Å². The van der Waals surface area contributed by atoms with Gasteiger partial charge >= 0.3 is 0 Å². The maximum atomic E-state index is 12.4. The molecule has 5 nitrogen and oxygen atoms in total. The standard InChI is InChI=1S/C22H23N3O2S2/c1-14-6-5-7-21(15(14)2)25(17(4)27)22-24-19(13-29-22)12-28-20-10-8-18(9-11-20)23-16(3)26/h5-11,13H,12H2,1-4H3,(H,23,26). The van der Waals surface area contributed by atoms with E-state index in [9.17, 15) is 9.59 Å². The van der Waals surface area contributed by atoms with Gasteiger partial charge in [-0.1, -0.05) is 12.1 Å². The number of thioether (sulfide) groups is 1. The summed E-state index contributed by atoms with van der Waals surface area (Å²) in [7, 11) is 0. The number of thiazole rings is 1. The fourth-order valence-electron chi connectivity index (χ4n) is 2.85. The van der Waals surface area contributed by atoms with Crippen molar-refractivity contribution in [3.05, 3.63) is 64.7 Å². The molecule has 2 aromatic carbocycles. The van der Waals surface area contributed by atoms with Crippen LogP contribution in [0.3, 0.4) is 0 Å². The maximum absolute atomic E-state index is 12.4. The molecule has 0 aliphatic rings. The van der Waals surface area contributed by atoms with Crippen LogP contribution in [-0.4, -0.2) is 16.8 Å². The molecule has 0 bridgehead atoms. The van der Waals surface area contributed by atoms with Gasteiger partial charge in [0.25, 0.3) is 0 Å². The molecule has 1 heterocycles. The first kappa shape index (κ1) is 21.1. The summed E-state index contributed by atoms with van der Waals surface area (Å²) in [5.41, 5.74) is 4.80. The van der Waals surface area contributed by atoms with E-state index in [1.165, 1.54) is 18.3 Å². The normalized spacial score (nSPS) is 10.6. The second-order valence-electron chi connectivity index (χ2n) is 6.69. The van der Waals surface area contributed by atoms with E-state index < -0.39 is 0 Å². The monoisotopic (exact) mass is 425 g/mol. The number of rotatable bonds is 6. The number of benzene rings is 2. The van der Waals surface area contributed by atoms with Crippen molar-refractivity contribution in [2.24, 2.45) is 0 Å². The van der Waals surface area contributed by atoms with E-state index in [0.29, 0.717) is 10.9 Å². The zero-order chi connectivity index (χ0) is 21.0. The van der Waals surface area contributed by atoms with Gasteiger partial charge in [-0.25, -0.2) is 4.98 Å². The lowest BCUT2D eigenvalue weighted by molar-refractivity contribution is -0.116. The van der Waals surface area contributed by atoms with Gasteiger partial charge in [-0.3, -0.25) is 14.5 Å². The Balaban J connectivity index is 1.73. The molecule has 0 radical (unpaired) electrons. The third-order valence-corrected chi connectivity index (χ3v) is 6.34. The molecule has 29 heavy (non-hydrogen) atoms. The van der Waals surface area contributed by atoms with Gasteiger partial charge in [0.1, 0.15) is 0 Å². The Bertz CT molecular complexity index is 1030. The highest BCUT2D eigenvalue weighted by Crippen LogP contribution is 2.34. The molecule has 0 saturated carbocycles. The molecule has 0 saturated heterocycles. The largest absolute Gasteiger partial charge is 0.326 e. The fourth-order valence-corrected chi connectivity index (χ4v) is 4.62. The molecule has 0 aliphatic carbocycles. The summed E-state index contributed by atoms with van der Waals surface area (Å²) in [6, 6.07) is 13.7. The Morgan fingerprint density at radius 3 is 2.48 bits per heavy atom. The summed E-state index contributed by atoms with van der Waals surface area (Å²) in [5, 5.41) is 5.44. The van der Waals surface area contributed by atoms with Crippen molar-refractivity contribution in [1.29, 1.82) is 0 Å². The summed E-state index contributed by atoms with van der Waals surface area (Å²) in [4.78, 5) is 30.9. The molecule has 0 spiro atoms. The van der Waals surface area contributed by atoms with Crippen LogP contribution in [0.2, 0.25) is 0 Å². The summed E-state index contributed by atoms with van der Waals surface area (Å²) >= 11 is 3.14. The highest BCUT2D eigenvalue weighted by Gasteiger charge is 2.20. The van der Waals surface area contributed by atoms with Crippen molar-refractivity contribution in [2.45, 2.75) is 38.3 Å². The number of hydrogen-bond donors (Lipinski definition) is 1. The first-order valence-corrected chi connectivity index (χ1v) is 11.0. The van der Waals surface area contributed by atoms with E-state index in [1.54, 1.807) is 23.6 Å². The summed E-state index contributed by atoms with van der Waals surface area (Å²) in [5.74, 6) is 0.564. The van der Waals surface area contributed by atoms with E-state index in [4.69, 9.17) is 4.98 Å². The summed E-state index contributed by atoms with van der Waals surface area (Å²) in [6.07, 6.45) is 0. The van der Waals surface area contributed by atoms with Crippen LogP contribution in [0.5, 0.6) is 0 Å². The van der Waals surface area contributed by atoms with Crippen LogP contribution in [0.1, 0.15) is 30.7 Å². The van der Waals surface area contributed by atoms with Gasteiger partial charge in [0, 0.05) is 35.6 Å². The molecule has 0 atom stereocenters. The zero-order valence-corrected chi connectivity index (χ0v) is 18.5. The van der Waals surface area contributed by atoms with Crippen molar-refractivity contribution in [2.75, 3.05) is 10.2 Å². The maximum Gasteiger partial charge on any atom is 0.230 e. The van der Waals surface area contributed by atoms with Gasteiger partial charge in [-0.05, 0) is 55.3 Å². The molecule has 0 fully saturated rings. The molecule has 0 aliphatic heterocycles. The van der Waals surface area contributed by atoms with E-state index in [0.717, 1.165) is 33.1 Å². The van der Waals surface area contributed by atoms with Crippen LogP contribution >= 0.6 is 23.1 Å². The third-order valence-electron chi connectivity index (χ3n) is 4.42. The van der Waals surface area contributed by atoms with Crippen LogP contribution in [0, 0.1) is 13.8 Å². The Morgan fingerprint density at radius 1 is 1.10 bits per heavy atom. The average molecular weight is 426 g/mol. The first-order valence-electron chi connectivity index (χ1n) is 9.17. The number of anilines is 3. The molecule has 2 amide bonds. The molecule has 1 aromatic heterocycles. The molecule has 1 N–H and O–H groups in total. The Labute approximate surface area is 179 Å². The molecule has 3 rings (SSSR count). The number of nitrogens with one attached hydrogen (secondary N) is 1. The fraction of sp³-hybridized carbons (Fsp3) is 0.227. The third kappa shape index (κ3) is 5.25. The molecule has 7 heteroatoms. The minimum absolute atomic E-state index is 0.0548. The summed E-state index contributed by atoms with van der Waals surface area (Å²) in [6.45, 7) is 7.12. The van der Waals surface area contributed by atoms with E-state index in [1.807, 2.05) is 61.7 Å². The van der Waals surface area contributed by atoms with E-state index >= 15 is 0 Å². The number of nitrogens with zero attached hydrogens (tertiary/aromatic N) is 2. The zero-order valence-electron chi connectivity index (χ0n) is 16.9. The minimum atomic E-state index is -0.0840. The van der Waals surface area contributed by atoms with Gasteiger partial charge in [-0.15, -0.1) is 23.1 Å². The quantitative estimate of drug-likeness (QED) is 0.515. The highest BCUT2D eigenvalue weighted by atomic mass is 32.2. The topological polar surface area (TPSA) is 62.3 Å². The number of aromatic nitrogens is 1. The van der Waals surface area contributed by atoms with Crippen LogP contribution in [0.15, 0.2) is 52.7 Å². The number of aryl methyl sites for hydroxylation is 1. The van der Waals surface area contributed by atoms with Gasteiger partial charge in [0.15, 0.2) is 5.13 Å². The van der Waals surface area contributed by atoms with Crippen molar-refractivity contribution in [3.8, 4) is 0 Å². The minimum Gasteiger partial charge on any atom is -0.326 e. The number of carbonyl (C=O) groups excluding carboxylic acids is 2. The average Bonchev–Trinajstić information content (AvgIpc) is 3.12. The lowest BCUT2D eigenvalue weighted by Crippen LogP contribution is -2.23. The Morgan fingerprint density at radius 2 is 1.83 bits per heavy atom.